The van der Waals surface area contributed by atoms with Gasteiger partial charge >= 0.3 is 0 Å². The zero-order valence-electron chi connectivity index (χ0n) is 19.5. The number of para-hydroxylation sites is 2. The largest absolute Gasteiger partial charge is 0.493 e. The number of nitrogens with one attached hydrogen (secondary N) is 1. The Morgan fingerprint density at radius 3 is 2.35 bits per heavy atom. The topological polar surface area (TPSA) is 84.9 Å². The number of benzene rings is 3. The third-order valence-corrected chi connectivity index (χ3v) is 7.11. The summed E-state index contributed by atoms with van der Waals surface area (Å²) in [5.41, 5.74) is 2.13. The molecule has 3 aromatic rings. The van der Waals surface area contributed by atoms with Crippen molar-refractivity contribution < 1.29 is 27.1 Å². The van der Waals surface area contributed by atoms with Crippen molar-refractivity contribution in [3.63, 3.8) is 0 Å². The molecule has 180 valence electrons. The van der Waals surface area contributed by atoms with Gasteiger partial charge in [0.2, 0.25) is 5.91 Å². The fourth-order valence-electron chi connectivity index (χ4n) is 3.57. The summed E-state index contributed by atoms with van der Waals surface area (Å²) in [7, 11) is -1.54. The van der Waals surface area contributed by atoms with Gasteiger partial charge in [0.15, 0.2) is 11.5 Å². The van der Waals surface area contributed by atoms with Crippen LogP contribution in [0.2, 0.25) is 0 Å². The minimum atomic E-state index is -4.35. The highest BCUT2D eigenvalue weighted by molar-refractivity contribution is 7.92. The average molecular weight is 487 g/mol. The van der Waals surface area contributed by atoms with Gasteiger partial charge in [-0.15, -0.1) is 0 Å². The van der Waals surface area contributed by atoms with Crippen LogP contribution in [-0.2, 0) is 21.2 Å². The van der Waals surface area contributed by atoms with E-state index in [1.54, 1.807) is 0 Å². The smallest absolute Gasteiger partial charge is 0.265 e. The number of hydrogen-bond acceptors (Lipinski definition) is 5. The molecular weight excluding hydrogens is 459 g/mol. The average Bonchev–Trinajstić information content (AvgIpc) is 2.83. The van der Waals surface area contributed by atoms with E-state index in [1.807, 2.05) is 32.0 Å². The number of nitrogens with zero attached hydrogens (tertiary/aromatic N) is 1. The third-order valence-electron chi connectivity index (χ3n) is 5.36. The van der Waals surface area contributed by atoms with Gasteiger partial charge in [0.1, 0.15) is 12.4 Å². The van der Waals surface area contributed by atoms with Crippen LogP contribution in [0.4, 0.5) is 15.8 Å². The molecule has 0 fully saturated rings. The summed E-state index contributed by atoms with van der Waals surface area (Å²) in [6.07, 6.45) is 0.679. The maximum absolute atomic E-state index is 14.7. The van der Waals surface area contributed by atoms with Crippen LogP contribution in [-0.4, -0.2) is 35.1 Å². The molecule has 1 N–H and O–H groups in total. The Bertz CT molecular complexity index is 1290. The summed E-state index contributed by atoms with van der Waals surface area (Å²) in [4.78, 5) is 12.9. The van der Waals surface area contributed by atoms with E-state index in [0.29, 0.717) is 17.9 Å². The lowest BCUT2D eigenvalue weighted by atomic mass is 10.1. The maximum Gasteiger partial charge on any atom is 0.265 e. The minimum absolute atomic E-state index is 0.175. The van der Waals surface area contributed by atoms with Crippen molar-refractivity contribution >= 4 is 27.3 Å². The van der Waals surface area contributed by atoms with E-state index in [-0.39, 0.29) is 16.3 Å². The molecule has 0 bridgehead atoms. The number of methoxy groups -OCH3 is 2. The second kappa shape index (κ2) is 10.6. The maximum atomic E-state index is 14.7. The lowest BCUT2D eigenvalue weighted by Gasteiger charge is -2.25. The number of carbonyl (C=O) groups is 1. The van der Waals surface area contributed by atoms with Crippen LogP contribution < -0.4 is 19.1 Å². The molecule has 0 saturated carbocycles. The molecule has 9 heteroatoms. The number of halogens is 1. The molecular formula is C25H27FN2O5S. The number of anilines is 2. The van der Waals surface area contributed by atoms with Gasteiger partial charge in [0.25, 0.3) is 10.0 Å². The standard InChI is InChI=1S/C25H27FN2O5S/c1-5-18-10-8-9-17(2)25(18)27-24(29)16-28(21-12-7-6-11-20(21)26)34(30,31)19-13-14-22(32-3)23(15-19)33-4/h6-15H,5,16H2,1-4H3,(H,27,29). The first-order valence-corrected chi connectivity index (χ1v) is 12.0. The van der Waals surface area contributed by atoms with E-state index in [2.05, 4.69) is 5.32 Å². The van der Waals surface area contributed by atoms with Crippen LogP contribution in [0.3, 0.4) is 0 Å². The Hall–Kier alpha value is -3.59. The summed E-state index contributed by atoms with van der Waals surface area (Å²) in [5, 5.41) is 2.80. The van der Waals surface area contributed by atoms with Crippen molar-refractivity contribution in [2.75, 3.05) is 30.4 Å². The molecule has 0 radical (unpaired) electrons. The predicted octanol–water partition coefficient (Wildman–Crippen LogP) is 4.55. The summed E-state index contributed by atoms with van der Waals surface area (Å²) in [6.45, 7) is 3.18. The van der Waals surface area contributed by atoms with Crippen LogP contribution in [0, 0.1) is 12.7 Å². The quantitative estimate of drug-likeness (QED) is 0.480. The monoisotopic (exact) mass is 486 g/mol. The van der Waals surface area contributed by atoms with Crippen LogP contribution in [0.15, 0.2) is 65.6 Å². The summed E-state index contributed by atoms with van der Waals surface area (Å²) in [5.74, 6) is -0.849. The van der Waals surface area contributed by atoms with Crippen molar-refractivity contribution in [3.05, 3.63) is 77.6 Å². The van der Waals surface area contributed by atoms with Gasteiger partial charge < -0.3 is 14.8 Å². The molecule has 1 amide bonds. The van der Waals surface area contributed by atoms with Gasteiger partial charge in [-0.25, -0.2) is 12.8 Å². The zero-order chi connectivity index (χ0) is 24.9. The van der Waals surface area contributed by atoms with E-state index in [4.69, 9.17) is 9.47 Å². The highest BCUT2D eigenvalue weighted by atomic mass is 32.2. The number of amides is 1. The van der Waals surface area contributed by atoms with Crippen LogP contribution in [0.1, 0.15) is 18.1 Å². The van der Waals surface area contributed by atoms with Crippen molar-refractivity contribution in [2.45, 2.75) is 25.2 Å². The van der Waals surface area contributed by atoms with E-state index in [9.17, 15) is 17.6 Å². The first-order chi connectivity index (χ1) is 16.2. The minimum Gasteiger partial charge on any atom is -0.493 e. The molecule has 3 rings (SSSR count). The van der Waals surface area contributed by atoms with Gasteiger partial charge in [-0.1, -0.05) is 37.3 Å². The highest BCUT2D eigenvalue weighted by Gasteiger charge is 2.30. The van der Waals surface area contributed by atoms with E-state index < -0.39 is 28.3 Å². The SMILES string of the molecule is CCc1cccc(C)c1NC(=O)CN(c1ccccc1F)S(=O)(=O)c1ccc(OC)c(OC)c1. The number of ether oxygens (including phenoxy) is 2. The zero-order valence-corrected chi connectivity index (χ0v) is 20.3. The first kappa shape index (κ1) is 25.0. The van der Waals surface area contributed by atoms with Crippen molar-refractivity contribution in [2.24, 2.45) is 0 Å². The normalized spacial score (nSPS) is 11.1. The van der Waals surface area contributed by atoms with Gasteiger partial charge in [-0.2, -0.15) is 0 Å². The lowest BCUT2D eigenvalue weighted by molar-refractivity contribution is -0.114. The summed E-state index contributed by atoms with van der Waals surface area (Å²) < 4.78 is 53.1. The molecule has 7 nitrogen and oxygen atoms in total. The Morgan fingerprint density at radius 1 is 1.00 bits per heavy atom. The van der Waals surface area contributed by atoms with Crippen LogP contribution in [0.25, 0.3) is 0 Å². The second-order valence-corrected chi connectivity index (χ2v) is 9.35. The number of sulfonamides is 1. The Morgan fingerprint density at radius 2 is 1.71 bits per heavy atom. The Balaban J connectivity index is 2.04. The molecule has 0 aromatic heterocycles. The molecule has 3 aromatic carbocycles. The lowest BCUT2D eigenvalue weighted by Crippen LogP contribution is -2.39. The Kier molecular flexibility index (Phi) is 7.78. The Labute approximate surface area is 199 Å². The molecule has 0 saturated heterocycles. The van der Waals surface area contributed by atoms with Gasteiger partial charge in [-0.3, -0.25) is 9.10 Å². The fraction of sp³-hybridized carbons (Fsp3) is 0.240. The number of rotatable bonds is 9. The molecule has 0 spiro atoms. The molecule has 0 heterocycles. The van der Waals surface area contributed by atoms with Gasteiger partial charge in [0.05, 0.1) is 24.8 Å². The highest BCUT2D eigenvalue weighted by Crippen LogP contribution is 2.33. The van der Waals surface area contributed by atoms with Gasteiger partial charge in [-0.05, 0) is 48.7 Å². The van der Waals surface area contributed by atoms with Crippen LogP contribution in [0.5, 0.6) is 11.5 Å². The van der Waals surface area contributed by atoms with E-state index in [1.165, 1.54) is 50.6 Å². The molecule has 0 atom stereocenters. The number of aryl methyl sites for hydroxylation is 2. The van der Waals surface area contributed by atoms with Crippen molar-refractivity contribution in [1.29, 1.82) is 0 Å². The third kappa shape index (κ3) is 5.14. The molecule has 0 aliphatic heterocycles. The summed E-state index contributed by atoms with van der Waals surface area (Å²) >= 11 is 0. The van der Waals surface area contributed by atoms with Crippen LogP contribution >= 0.6 is 0 Å². The molecule has 0 aliphatic rings. The predicted molar refractivity (Wildman–Crippen MR) is 130 cm³/mol. The van der Waals surface area contributed by atoms with Crippen molar-refractivity contribution in [3.8, 4) is 11.5 Å². The van der Waals surface area contributed by atoms with E-state index in [0.717, 1.165) is 21.5 Å². The second-order valence-electron chi connectivity index (χ2n) is 7.49. The van der Waals surface area contributed by atoms with Gasteiger partial charge in [0, 0.05) is 11.8 Å². The molecule has 0 unspecified atom stereocenters. The summed E-state index contributed by atoms with van der Waals surface area (Å²) in [6, 6.07) is 15.1. The molecule has 0 aliphatic carbocycles. The first-order valence-electron chi connectivity index (χ1n) is 10.6. The number of hydrogen-bond donors (Lipinski definition) is 1. The fourth-order valence-corrected chi connectivity index (χ4v) is 5.01. The van der Waals surface area contributed by atoms with E-state index >= 15 is 0 Å². The number of carbonyl (C=O) groups excluding carboxylic acids is 1. The van der Waals surface area contributed by atoms with Crippen molar-refractivity contribution in [1.82, 2.24) is 0 Å². The molecule has 34 heavy (non-hydrogen) atoms.